The molecule has 1 heterocycles. The van der Waals surface area contributed by atoms with Crippen molar-refractivity contribution in [2.75, 3.05) is 35.0 Å². The van der Waals surface area contributed by atoms with Crippen molar-refractivity contribution in [3.63, 3.8) is 0 Å². The zero-order valence-electron chi connectivity index (χ0n) is 16.4. The molecule has 0 fully saturated rings. The lowest BCUT2D eigenvalue weighted by Crippen LogP contribution is -2.12. The Morgan fingerprint density at radius 1 is 0.931 bits per heavy atom. The van der Waals surface area contributed by atoms with Gasteiger partial charge in [-0.2, -0.15) is 0 Å². The molecule has 3 rings (SSSR count). The maximum atomic E-state index is 12.8. The van der Waals surface area contributed by atoms with Gasteiger partial charge in [-0.3, -0.25) is 4.79 Å². The summed E-state index contributed by atoms with van der Waals surface area (Å²) in [6, 6.07) is 9.72. The predicted molar refractivity (Wildman–Crippen MR) is 105 cm³/mol. The third-order valence-electron chi connectivity index (χ3n) is 4.25. The number of fused-ring (bicyclic) bond motifs is 1. The first-order chi connectivity index (χ1) is 14.0. The van der Waals surface area contributed by atoms with E-state index in [1.54, 1.807) is 30.3 Å². The van der Waals surface area contributed by atoms with Crippen molar-refractivity contribution in [2.24, 2.45) is 0 Å². The summed E-state index contributed by atoms with van der Waals surface area (Å²) in [7, 11) is 5.68. The minimum Gasteiger partial charge on any atom is -0.493 e. The quantitative estimate of drug-likeness (QED) is 0.559. The first-order valence-electron chi connectivity index (χ1n) is 8.59. The summed E-state index contributed by atoms with van der Waals surface area (Å²) in [6.45, 7) is -0.192. The molecule has 0 atom stereocenters. The zero-order chi connectivity index (χ0) is 21.0. The van der Waals surface area contributed by atoms with Gasteiger partial charge in [0.25, 0.3) is 0 Å². The van der Waals surface area contributed by atoms with Gasteiger partial charge in [0, 0.05) is 17.7 Å². The van der Waals surface area contributed by atoms with Crippen LogP contribution in [0.5, 0.6) is 23.0 Å². The SMILES string of the molecule is COC(=O)COc1ccc(-c2cc(=O)c3c(OC)c(OC)c(OC)cc3o2)cc1. The smallest absolute Gasteiger partial charge is 0.343 e. The van der Waals surface area contributed by atoms with Crippen LogP contribution in [-0.2, 0) is 9.53 Å². The summed E-state index contributed by atoms with van der Waals surface area (Å²) >= 11 is 0. The summed E-state index contributed by atoms with van der Waals surface area (Å²) in [5.41, 5.74) is 0.668. The van der Waals surface area contributed by atoms with Gasteiger partial charge in [-0.25, -0.2) is 4.79 Å². The number of methoxy groups -OCH3 is 4. The molecular weight excluding hydrogens is 380 g/mol. The fraction of sp³-hybridized carbons (Fsp3) is 0.238. The molecule has 152 valence electrons. The van der Waals surface area contributed by atoms with E-state index in [-0.39, 0.29) is 23.2 Å². The molecule has 0 amide bonds. The highest BCUT2D eigenvalue weighted by Crippen LogP contribution is 2.42. The van der Waals surface area contributed by atoms with Gasteiger partial charge in [0.1, 0.15) is 22.5 Å². The second kappa shape index (κ2) is 8.55. The lowest BCUT2D eigenvalue weighted by atomic mass is 10.1. The molecule has 1 aromatic heterocycles. The Morgan fingerprint density at radius 2 is 1.62 bits per heavy atom. The van der Waals surface area contributed by atoms with Crippen LogP contribution >= 0.6 is 0 Å². The average molecular weight is 400 g/mol. The Balaban J connectivity index is 2.03. The van der Waals surface area contributed by atoms with Crippen LogP contribution in [0.25, 0.3) is 22.3 Å². The van der Waals surface area contributed by atoms with Crippen LogP contribution in [0.15, 0.2) is 45.6 Å². The molecule has 0 spiro atoms. The minimum atomic E-state index is -0.479. The highest BCUT2D eigenvalue weighted by Gasteiger charge is 2.20. The predicted octanol–water partition coefficient (Wildman–Crippen LogP) is 3.04. The van der Waals surface area contributed by atoms with E-state index in [9.17, 15) is 9.59 Å². The Hall–Kier alpha value is -3.68. The number of esters is 1. The summed E-state index contributed by atoms with van der Waals surface area (Å²) in [5.74, 6) is 1.30. The Morgan fingerprint density at radius 3 is 2.21 bits per heavy atom. The molecule has 8 nitrogen and oxygen atoms in total. The highest BCUT2D eigenvalue weighted by atomic mass is 16.6. The maximum absolute atomic E-state index is 12.8. The molecule has 0 N–H and O–H groups in total. The molecule has 0 saturated carbocycles. The fourth-order valence-electron chi connectivity index (χ4n) is 2.85. The molecule has 0 aliphatic heterocycles. The van der Waals surface area contributed by atoms with E-state index < -0.39 is 5.97 Å². The van der Waals surface area contributed by atoms with Crippen molar-refractivity contribution in [1.29, 1.82) is 0 Å². The Bertz CT molecular complexity index is 1080. The first kappa shape index (κ1) is 20.1. The van der Waals surface area contributed by atoms with E-state index in [0.717, 1.165) is 0 Å². The summed E-state index contributed by atoms with van der Waals surface area (Å²) in [5, 5.41) is 0.256. The summed E-state index contributed by atoms with van der Waals surface area (Å²) < 4.78 is 31.8. The van der Waals surface area contributed by atoms with E-state index in [0.29, 0.717) is 34.2 Å². The molecule has 0 bridgehead atoms. The van der Waals surface area contributed by atoms with Gasteiger partial charge in [0.15, 0.2) is 23.5 Å². The van der Waals surface area contributed by atoms with Gasteiger partial charge in [-0.1, -0.05) is 0 Å². The number of benzene rings is 2. The van der Waals surface area contributed by atoms with Crippen LogP contribution in [0.1, 0.15) is 0 Å². The van der Waals surface area contributed by atoms with Gasteiger partial charge >= 0.3 is 5.97 Å². The van der Waals surface area contributed by atoms with E-state index in [4.69, 9.17) is 23.4 Å². The third kappa shape index (κ3) is 3.96. The van der Waals surface area contributed by atoms with Crippen LogP contribution in [0, 0.1) is 0 Å². The van der Waals surface area contributed by atoms with Crippen molar-refractivity contribution >= 4 is 16.9 Å². The molecule has 0 saturated heterocycles. The largest absolute Gasteiger partial charge is 0.493 e. The molecule has 3 aromatic rings. The number of hydrogen-bond acceptors (Lipinski definition) is 8. The fourth-order valence-corrected chi connectivity index (χ4v) is 2.85. The molecule has 2 aromatic carbocycles. The number of hydrogen-bond donors (Lipinski definition) is 0. The highest BCUT2D eigenvalue weighted by molar-refractivity contribution is 5.90. The van der Waals surface area contributed by atoms with Gasteiger partial charge in [0.2, 0.25) is 5.75 Å². The summed E-state index contributed by atoms with van der Waals surface area (Å²) in [6.07, 6.45) is 0. The Kier molecular flexibility index (Phi) is 5.92. The lowest BCUT2D eigenvalue weighted by molar-refractivity contribution is -0.142. The van der Waals surface area contributed by atoms with Crippen LogP contribution in [0.3, 0.4) is 0 Å². The van der Waals surface area contributed by atoms with Gasteiger partial charge in [-0.05, 0) is 24.3 Å². The van der Waals surface area contributed by atoms with Gasteiger partial charge in [0.05, 0.1) is 28.4 Å². The van der Waals surface area contributed by atoms with Crippen molar-refractivity contribution in [1.82, 2.24) is 0 Å². The summed E-state index contributed by atoms with van der Waals surface area (Å²) in [4.78, 5) is 23.9. The van der Waals surface area contributed by atoms with Crippen LogP contribution in [0.4, 0.5) is 0 Å². The zero-order valence-corrected chi connectivity index (χ0v) is 16.4. The lowest BCUT2D eigenvalue weighted by Gasteiger charge is -2.14. The van der Waals surface area contributed by atoms with Gasteiger partial charge < -0.3 is 28.1 Å². The molecule has 8 heteroatoms. The van der Waals surface area contributed by atoms with Crippen molar-refractivity contribution in [3.8, 4) is 34.3 Å². The Labute approximate surface area is 166 Å². The molecular formula is C21H20O8. The third-order valence-corrected chi connectivity index (χ3v) is 4.25. The van der Waals surface area contributed by atoms with Crippen LogP contribution in [-0.4, -0.2) is 41.0 Å². The van der Waals surface area contributed by atoms with Crippen molar-refractivity contribution in [2.45, 2.75) is 0 Å². The average Bonchev–Trinajstić information content (AvgIpc) is 2.76. The monoisotopic (exact) mass is 400 g/mol. The first-order valence-corrected chi connectivity index (χ1v) is 8.59. The number of carbonyl (C=O) groups excluding carboxylic acids is 1. The maximum Gasteiger partial charge on any atom is 0.343 e. The number of carbonyl (C=O) groups is 1. The van der Waals surface area contributed by atoms with E-state index >= 15 is 0 Å². The number of rotatable bonds is 7. The molecule has 29 heavy (non-hydrogen) atoms. The standard InChI is InChI=1S/C21H20O8/c1-24-17-10-16-19(21(27-4)20(17)26-3)14(22)9-15(29-16)12-5-7-13(8-6-12)28-11-18(23)25-2/h5-10H,11H2,1-4H3. The molecule has 0 aliphatic rings. The normalized spacial score (nSPS) is 10.5. The second-order valence-corrected chi connectivity index (χ2v) is 5.88. The number of ether oxygens (including phenoxy) is 5. The topological polar surface area (TPSA) is 93.4 Å². The van der Waals surface area contributed by atoms with E-state index in [1.807, 2.05) is 0 Å². The molecule has 0 radical (unpaired) electrons. The molecule has 0 unspecified atom stereocenters. The van der Waals surface area contributed by atoms with Crippen LogP contribution in [0.2, 0.25) is 0 Å². The minimum absolute atomic E-state index is 0.192. The molecule has 0 aliphatic carbocycles. The van der Waals surface area contributed by atoms with E-state index in [2.05, 4.69) is 4.74 Å². The van der Waals surface area contributed by atoms with E-state index in [1.165, 1.54) is 34.5 Å². The second-order valence-electron chi connectivity index (χ2n) is 5.88. The van der Waals surface area contributed by atoms with Crippen molar-refractivity contribution in [3.05, 3.63) is 46.6 Å². The van der Waals surface area contributed by atoms with Crippen LogP contribution < -0.4 is 24.4 Å². The van der Waals surface area contributed by atoms with Gasteiger partial charge in [-0.15, -0.1) is 0 Å². The van der Waals surface area contributed by atoms with Crippen molar-refractivity contribution < 1.29 is 32.9 Å².